The van der Waals surface area contributed by atoms with Crippen molar-refractivity contribution in [2.45, 2.75) is 51.7 Å². The van der Waals surface area contributed by atoms with Crippen LogP contribution in [0.1, 0.15) is 60.0 Å². The Morgan fingerprint density at radius 1 is 0.957 bits per heavy atom. The Morgan fingerprint density at radius 2 is 1.65 bits per heavy atom. The molecule has 6 heteroatoms. The van der Waals surface area contributed by atoms with Crippen molar-refractivity contribution in [1.29, 1.82) is 0 Å². The number of hydrogen-bond acceptors (Lipinski definition) is 4. The number of aliphatic carboxylic acids is 1. The molecule has 1 aromatic rings. The van der Waals surface area contributed by atoms with Crippen LogP contribution in [0.15, 0.2) is 18.2 Å². The summed E-state index contributed by atoms with van der Waals surface area (Å²) in [5.41, 5.74) is 1.58. The number of aliphatic hydroxyl groups excluding tert-OH is 2. The lowest BCUT2D eigenvalue weighted by molar-refractivity contribution is -0.137. The highest BCUT2D eigenvalue weighted by atomic mass is 16.4. The van der Waals surface area contributed by atoms with E-state index in [1.165, 1.54) is 0 Å². The number of nitrogens with one attached hydrogen (secondary N) is 1. The number of carbonyl (C=O) groups is 2. The Balaban J connectivity index is 2.28. The fraction of sp³-hybridized carbons (Fsp3) is 0.529. The van der Waals surface area contributed by atoms with E-state index in [1.54, 1.807) is 18.2 Å². The maximum absolute atomic E-state index is 12.1. The lowest BCUT2D eigenvalue weighted by Crippen LogP contribution is -2.25. The fourth-order valence-electron chi connectivity index (χ4n) is 2.33. The summed E-state index contributed by atoms with van der Waals surface area (Å²) in [6.07, 6.45) is 4.52. The second kappa shape index (κ2) is 10.7. The topological polar surface area (TPSA) is 107 Å². The SMILES string of the molecule is O=C(O)CCCCCCCNC(=O)c1ccc(CO)cc1CO. The molecule has 0 radical (unpaired) electrons. The highest BCUT2D eigenvalue weighted by Gasteiger charge is 2.11. The van der Waals surface area contributed by atoms with Crippen molar-refractivity contribution in [3.8, 4) is 0 Å². The summed E-state index contributed by atoms with van der Waals surface area (Å²) in [5, 5.41) is 29.7. The predicted molar refractivity (Wildman–Crippen MR) is 86.0 cm³/mol. The molecule has 0 aliphatic carbocycles. The standard InChI is InChI=1S/C17H25NO5/c19-11-13-7-8-15(14(10-13)12-20)17(23)18-9-5-3-1-2-4-6-16(21)22/h7-8,10,19-20H,1-6,9,11-12H2,(H,18,23)(H,21,22). The number of aliphatic hydroxyl groups is 2. The van der Waals surface area contributed by atoms with Crippen LogP contribution in [-0.2, 0) is 18.0 Å². The molecule has 0 saturated carbocycles. The molecule has 1 rings (SSSR count). The number of carbonyl (C=O) groups excluding carboxylic acids is 1. The van der Waals surface area contributed by atoms with Crippen LogP contribution in [0, 0.1) is 0 Å². The van der Waals surface area contributed by atoms with Gasteiger partial charge in [-0.1, -0.05) is 31.4 Å². The molecular formula is C17H25NO5. The number of rotatable bonds is 11. The number of benzene rings is 1. The molecule has 23 heavy (non-hydrogen) atoms. The first kappa shape index (κ1) is 19.1. The third kappa shape index (κ3) is 7.25. The zero-order chi connectivity index (χ0) is 17.1. The molecule has 1 aromatic carbocycles. The van der Waals surface area contributed by atoms with E-state index in [0.29, 0.717) is 29.7 Å². The van der Waals surface area contributed by atoms with E-state index in [4.69, 9.17) is 10.2 Å². The van der Waals surface area contributed by atoms with Crippen molar-refractivity contribution in [2.75, 3.05) is 6.54 Å². The van der Waals surface area contributed by atoms with Gasteiger partial charge in [0.05, 0.1) is 13.2 Å². The third-order valence-corrected chi connectivity index (χ3v) is 3.62. The molecule has 0 fully saturated rings. The van der Waals surface area contributed by atoms with E-state index in [-0.39, 0.29) is 25.5 Å². The first-order valence-electron chi connectivity index (χ1n) is 7.92. The first-order valence-corrected chi connectivity index (χ1v) is 7.92. The molecule has 128 valence electrons. The van der Waals surface area contributed by atoms with Crippen LogP contribution in [-0.4, -0.2) is 33.7 Å². The van der Waals surface area contributed by atoms with Gasteiger partial charge in [0.25, 0.3) is 5.91 Å². The molecule has 1 amide bonds. The lowest BCUT2D eigenvalue weighted by atomic mass is 10.0. The molecule has 0 saturated heterocycles. The highest BCUT2D eigenvalue weighted by molar-refractivity contribution is 5.95. The van der Waals surface area contributed by atoms with Crippen LogP contribution in [0.25, 0.3) is 0 Å². The Bertz CT molecular complexity index is 516. The minimum atomic E-state index is -0.760. The van der Waals surface area contributed by atoms with Crippen molar-refractivity contribution < 1.29 is 24.9 Å². The van der Waals surface area contributed by atoms with E-state index in [9.17, 15) is 14.7 Å². The smallest absolute Gasteiger partial charge is 0.303 e. The van der Waals surface area contributed by atoms with Crippen molar-refractivity contribution in [1.82, 2.24) is 5.32 Å². The quantitative estimate of drug-likeness (QED) is 0.465. The number of unbranched alkanes of at least 4 members (excludes halogenated alkanes) is 4. The average molecular weight is 323 g/mol. The van der Waals surface area contributed by atoms with Gasteiger partial charge in [-0.25, -0.2) is 0 Å². The molecular weight excluding hydrogens is 298 g/mol. The van der Waals surface area contributed by atoms with E-state index in [0.717, 1.165) is 25.7 Å². The second-order valence-electron chi connectivity index (χ2n) is 5.48. The van der Waals surface area contributed by atoms with Crippen molar-refractivity contribution >= 4 is 11.9 Å². The monoisotopic (exact) mass is 323 g/mol. The van der Waals surface area contributed by atoms with E-state index < -0.39 is 5.97 Å². The number of hydrogen-bond donors (Lipinski definition) is 4. The van der Waals surface area contributed by atoms with E-state index in [1.807, 2.05) is 0 Å². The Morgan fingerprint density at radius 3 is 2.30 bits per heavy atom. The van der Waals surface area contributed by atoms with Gasteiger partial charge in [0.15, 0.2) is 0 Å². The Hall–Kier alpha value is -1.92. The van der Waals surface area contributed by atoms with Crippen molar-refractivity contribution in [2.24, 2.45) is 0 Å². The zero-order valence-electron chi connectivity index (χ0n) is 13.3. The van der Waals surface area contributed by atoms with Crippen LogP contribution in [0.2, 0.25) is 0 Å². The fourth-order valence-corrected chi connectivity index (χ4v) is 2.33. The van der Waals surface area contributed by atoms with Gasteiger partial charge in [0.2, 0.25) is 0 Å². The molecule has 0 atom stereocenters. The molecule has 0 spiro atoms. The number of carboxylic acid groups (broad SMARTS) is 1. The summed E-state index contributed by atoms with van der Waals surface area (Å²) < 4.78 is 0. The van der Waals surface area contributed by atoms with Gasteiger partial charge in [0, 0.05) is 18.5 Å². The van der Waals surface area contributed by atoms with Crippen molar-refractivity contribution in [3.05, 3.63) is 34.9 Å². The van der Waals surface area contributed by atoms with Gasteiger partial charge in [-0.05, 0) is 30.0 Å². The van der Waals surface area contributed by atoms with Gasteiger partial charge in [-0.2, -0.15) is 0 Å². The average Bonchev–Trinajstić information content (AvgIpc) is 2.56. The zero-order valence-corrected chi connectivity index (χ0v) is 13.3. The van der Waals surface area contributed by atoms with Gasteiger partial charge >= 0.3 is 5.97 Å². The van der Waals surface area contributed by atoms with E-state index >= 15 is 0 Å². The van der Waals surface area contributed by atoms with Crippen LogP contribution in [0.3, 0.4) is 0 Å². The molecule has 0 heterocycles. The van der Waals surface area contributed by atoms with Crippen LogP contribution in [0.5, 0.6) is 0 Å². The summed E-state index contributed by atoms with van der Waals surface area (Å²) in [6, 6.07) is 4.90. The molecule has 0 bridgehead atoms. The lowest BCUT2D eigenvalue weighted by Gasteiger charge is -2.10. The predicted octanol–water partition coefficient (Wildman–Crippen LogP) is 1.83. The molecule has 4 N–H and O–H groups in total. The molecule has 0 unspecified atom stereocenters. The molecule has 0 aliphatic heterocycles. The number of amides is 1. The van der Waals surface area contributed by atoms with Gasteiger partial charge in [0.1, 0.15) is 0 Å². The van der Waals surface area contributed by atoms with Gasteiger partial charge in [-0.3, -0.25) is 9.59 Å². The minimum Gasteiger partial charge on any atom is -0.481 e. The minimum absolute atomic E-state index is 0.128. The summed E-state index contributed by atoms with van der Waals surface area (Å²) in [4.78, 5) is 22.4. The highest BCUT2D eigenvalue weighted by Crippen LogP contribution is 2.13. The number of carboxylic acids is 1. The van der Waals surface area contributed by atoms with Crippen LogP contribution >= 0.6 is 0 Å². The Kier molecular flexibility index (Phi) is 8.94. The van der Waals surface area contributed by atoms with Crippen LogP contribution in [0.4, 0.5) is 0 Å². The molecule has 6 nitrogen and oxygen atoms in total. The van der Waals surface area contributed by atoms with Gasteiger partial charge < -0.3 is 20.6 Å². The maximum atomic E-state index is 12.1. The summed E-state index contributed by atoms with van der Waals surface area (Å²) in [6.45, 7) is 0.168. The maximum Gasteiger partial charge on any atom is 0.303 e. The summed E-state index contributed by atoms with van der Waals surface area (Å²) in [7, 11) is 0. The second-order valence-corrected chi connectivity index (χ2v) is 5.48. The van der Waals surface area contributed by atoms with E-state index in [2.05, 4.69) is 5.32 Å². The molecule has 0 aromatic heterocycles. The Labute approximate surface area is 136 Å². The third-order valence-electron chi connectivity index (χ3n) is 3.62. The normalized spacial score (nSPS) is 10.5. The largest absolute Gasteiger partial charge is 0.481 e. The molecule has 0 aliphatic rings. The summed E-state index contributed by atoms with van der Waals surface area (Å²) in [5.74, 6) is -0.992. The van der Waals surface area contributed by atoms with Crippen LogP contribution < -0.4 is 5.32 Å². The van der Waals surface area contributed by atoms with Crippen molar-refractivity contribution in [3.63, 3.8) is 0 Å². The van der Waals surface area contributed by atoms with Gasteiger partial charge in [-0.15, -0.1) is 0 Å². The summed E-state index contributed by atoms with van der Waals surface area (Å²) >= 11 is 0. The first-order chi connectivity index (χ1) is 11.1.